The monoisotopic (exact) mass is 580 g/mol. The summed E-state index contributed by atoms with van der Waals surface area (Å²) in [4.78, 5) is 29.9. The van der Waals surface area contributed by atoms with Gasteiger partial charge in [-0.3, -0.25) is 14.7 Å². The first-order valence-corrected chi connectivity index (χ1v) is 14.7. The number of piperazine rings is 1. The first kappa shape index (κ1) is 28.9. The molecule has 0 saturated carbocycles. The van der Waals surface area contributed by atoms with Gasteiger partial charge in [0.2, 0.25) is 5.95 Å². The van der Waals surface area contributed by atoms with Crippen LogP contribution in [0.4, 0.5) is 5.95 Å². The number of hydrogen-bond donors (Lipinski definition) is 2. The van der Waals surface area contributed by atoms with Crippen molar-refractivity contribution in [2.24, 2.45) is 0 Å². The number of nitrogens with one attached hydrogen (secondary N) is 1. The van der Waals surface area contributed by atoms with Gasteiger partial charge in [0.25, 0.3) is 5.91 Å². The molecule has 2 aliphatic heterocycles. The summed E-state index contributed by atoms with van der Waals surface area (Å²) in [6, 6.07) is 21.3. The lowest BCUT2D eigenvalue weighted by atomic mass is 9.99. The zero-order chi connectivity index (χ0) is 29.4. The Balaban J connectivity index is 1.11. The number of hydrogen-bond acceptors (Lipinski definition) is 9. The van der Waals surface area contributed by atoms with Gasteiger partial charge >= 0.3 is 0 Å². The van der Waals surface area contributed by atoms with Gasteiger partial charge < -0.3 is 24.8 Å². The van der Waals surface area contributed by atoms with Gasteiger partial charge in [-0.25, -0.2) is 9.97 Å². The maximum atomic E-state index is 12.4. The fourth-order valence-electron chi connectivity index (χ4n) is 5.48. The Morgan fingerprint density at radius 2 is 1.58 bits per heavy atom. The van der Waals surface area contributed by atoms with E-state index in [4.69, 9.17) is 9.47 Å². The molecule has 3 unspecified atom stereocenters. The van der Waals surface area contributed by atoms with Crippen LogP contribution in [-0.2, 0) is 22.6 Å². The second-order valence-corrected chi connectivity index (χ2v) is 10.9. The van der Waals surface area contributed by atoms with E-state index in [0.29, 0.717) is 12.1 Å². The number of aromatic nitrogens is 3. The largest absolute Gasteiger partial charge is 0.392 e. The molecular formula is C33H36N6O4. The molecule has 2 N–H and O–H groups in total. The molecule has 6 rings (SSSR count). The van der Waals surface area contributed by atoms with E-state index in [9.17, 15) is 9.90 Å². The number of pyridine rings is 1. The number of aliphatic hydroxyl groups is 1. The number of amides is 1. The molecule has 4 heterocycles. The molecule has 3 atom stereocenters. The van der Waals surface area contributed by atoms with Crippen LogP contribution in [0.25, 0.3) is 0 Å². The van der Waals surface area contributed by atoms with Crippen molar-refractivity contribution in [3.8, 4) is 0 Å². The first-order valence-electron chi connectivity index (χ1n) is 14.7. The lowest BCUT2D eigenvalue weighted by molar-refractivity contribution is -0.253. The van der Waals surface area contributed by atoms with Gasteiger partial charge in [-0.05, 0) is 34.9 Å². The van der Waals surface area contributed by atoms with Crippen molar-refractivity contribution in [3.05, 3.63) is 119 Å². The number of aliphatic hydroxyl groups excluding tert-OH is 1. The molecule has 10 nitrogen and oxygen atoms in total. The van der Waals surface area contributed by atoms with Crippen molar-refractivity contribution < 1.29 is 19.4 Å². The van der Waals surface area contributed by atoms with Gasteiger partial charge in [0.15, 0.2) is 6.29 Å². The Bertz CT molecular complexity index is 1450. The third-order valence-corrected chi connectivity index (χ3v) is 7.91. The number of rotatable bonds is 9. The molecule has 0 radical (unpaired) electrons. The number of carbonyl (C=O) groups is 1. The summed E-state index contributed by atoms with van der Waals surface area (Å²) in [6.07, 6.45) is 6.79. The molecule has 2 aliphatic rings. The van der Waals surface area contributed by atoms with E-state index >= 15 is 0 Å². The minimum atomic E-state index is -0.528. The van der Waals surface area contributed by atoms with Crippen molar-refractivity contribution in [2.45, 2.75) is 38.1 Å². The van der Waals surface area contributed by atoms with E-state index < -0.39 is 6.29 Å². The van der Waals surface area contributed by atoms with Gasteiger partial charge in [-0.15, -0.1) is 0 Å². The number of nitrogens with zero attached hydrogens (tertiary/aromatic N) is 5. The van der Waals surface area contributed by atoms with Crippen LogP contribution >= 0.6 is 0 Å². The van der Waals surface area contributed by atoms with E-state index in [1.807, 2.05) is 54.6 Å². The third-order valence-electron chi connectivity index (χ3n) is 7.91. The highest BCUT2D eigenvalue weighted by molar-refractivity contribution is 5.93. The average Bonchev–Trinajstić information content (AvgIpc) is 3.08. The zero-order valence-corrected chi connectivity index (χ0v) is 24.0. The van der Waals surface area contributed by atoms with Crippen molar-refractivity contribution in [1.82, 2.24) is 25.2 Å². The molecule has 0 spiro atoms. The van der Waals surface area contributed by atoms with E-state index in [-0.39, 0.29) is 24.7 Å². The van der Waals surface area contributed by atoms with E-state index in [2.05, 4.69) is 30.1 Å². The third kappa shape index (κ3) is 7.41. The number of benzene rings is 2. The minimum absolute atomic E-state index is 0.00913. The molecule has 0 bridgehead atoms. The normalized spacial score (nSPS) is 21.0. The molecule has 2 fully saturated rings. The summed E-state index contributed by atoms with van der Waals surface area (Å²) in [5, 5.41) is 12.4. The molecule has 0 aliphatic carbocycles. The maximum Gasteiger partial charge on any atom is 0.253 e. The Morgan fingerprint density at radius 1 is 0.860 bits per heavy atom. The first-order chi connectivity index (χ1) is 21.1. The highest BCUT2D eigenvalue weighted by atomic mass is 16.7. The lowest BCUT2D eigenvalue weighted by Gasteiger charge is -2.40. The summed E-state index contributed by atoms with van der Waals surface area (Å²) in [7, 11) is 0. The smallest absolute Gasteiger partial charge is 0.253 e. The van der Waals surface area contributed by atoms with Crippen LogP contribution in [0.15, 0.2) is 91.5 Å². The van der Waals surface area contributed by atoms with Crippen molar-refractivity contribution in [1.29, 1.82) is 0 Å². The summed E-state index contributed by atoms with van der Waals surface area (Å²) in [5.74, 6) is 0.613. The second-order valence-electron chi connectivity index (χ2n) is 10.9. The SMILES string of the molecule is O=C(NCc1ccc(C2OC(CN3CCN(c4ncccn4)CC3)CC(c3ccc(CO)cc3)O2)cc1)c1cccnc1. The predicted molar refractivity (Wildman–Crippen MR) is 161 cm³/mol. The predicted octanol–water partition coefficient (Wildman–Crippen LogP) is 3.66. The van der Waals surface area contributed by atoms with Gasteiger partial charge in [0.1, 0.15) is 0 Å². The molecule has 222 valence electrons. The fraction of sp³-hybridized carbons (Fsp3) is 0.333. The Morgan fingerprint density at radius 3 is 2.28 bits per heavy atom. The standard InChI is InChI=1S/C33H36N6O4/c40-23-25-6-8-26(9-7-25)30-19-29(22-38-15-17-39(18-16-38)33-35-13-2-14-36-33)42-32(43-30)27-10-4-24(5-11-27)20-37-31(41)28-3-1-12-34-21-28/h1-14,21,29-30,32,40H,15-20,22-23H2,(H,37,41). The topological polar surface area (TPSA) is 113 Å². The molecule has 2 aromatic carbocycles. The second kappa shape index (κ2) is 13.8. The Labute approximate surface area is 251 Å². The van der Waals surface area contributed by atoms with Gasteiger partial charge in [-0.2, -0.15) is 0 Å². The van der Waals surface area contributed by atoms with Crippen LogP contribution in [0.1, 0.15) is 51.4 Å². The molecule has 2 saturated heterocycles. The number of anilines is 1. The summed E-state index contributed by atoms with van der Waals surface area (Å²) in [6.45, 7) is 4.74. The molecule has 2 aromatic heterocycles. The Hall–Kier alpha value is -4.22. The Kier molecular flexibility index (Phi) is 9.29. The van der Waals surface area contributed by atoms with E-state index in [0.717, 1.165) is 67.3 Å². The molecule has 1 amide bonds. The van der Waals surface area contributed by atoms with Crippen LogP contribution in [0.5, 0.6) is 0 Å². The van der Waals surface area contributed by atoms with E-state index in [1.54, 1.807) is 36.9 Å². The van der Waals surface area contributed by atoms with Crippen molar-refractivity contribution >= 4 is 11.9 Å². The maximum absolute atomic E-state index is 12.4. The number of carbonyl (C=O) groups excluding carboxylic acids is 1. The van der Waals surface area contributed by atoms with Gasteiger partial charge in [-0.1, -0.05) is 48.5 Å². The molecule has 10 heteroatoms. The highest BCUT2D eigenvalue weighted by Gasteiger charge is 2.34. The zero-order valence-electron chi connectivity index (χ0n) is 24.0. The molecule has 4 aromatic rings. The molecule has 43 heavy (non-hydrogen) atoms. The van der Waals surface area contributed by atoms with E-state index in [1.165, 1.54) is 0 Å². The van der Waals surface area contributed by atoms with Crippen LogP contribution < -0.4 is 10.2 Å². The van der Waals surface area contributed by atoms with Crippen LogP contribution in [0.3, 0.4) is 0 Å². The summed E-state index contributed by atoms with van der Waals surface area (Å²) < 4.78 is 13.1. The average molecular weight is 581 g/mol. The fourth-order valence-corrected chi connectivity index (χ4v) is 5.48. The van der Waals surface area contributed by atoms with Crippen molar-refractivity contribution in [2.75, 3.05) is 37.6 Å². The summed E-state index contributed by atoms with van der Waals surface area (Å²) >= 11 is 0. The van der Waals surface area contributed by atoms with Gasteiger partial charge in [0, 0.05) is 76.0 Å². The minimum Gasteiger partial charge on any atom is -0.392 e. The van der Waals surface area contributed by atoms with Crippen LogP contribution in [0.2, 0.25) is 0 Å². The van der Waals surface area contributed by atoms with Crippen LogP contribution in [-0.4, -0.2) is 69.7 Å². The lowest BCUT2D eigenvalue weighted by Crippen LogP contribution is -2.50. The van der Waals surface area contributed by atoms with Gasteiger partial charge in [0.05, 0.1) is 24.4 Å². The highest BCUT2D eigenvalue weighted by Crippen LogP contribution is 2.38. The van der Waals surface area contributed by atoms with Crippen LogP contribution in [0, 0.1) is 0 Å². The van der Waals surface area contributed by atoms with Crippen molar-refractivity contribution in [3.63, 3.8) is 0 Å². The quantitative estimate of drug-likeness (QED) is 0.306. The number of ether oxygens (including phenoxy) is 2. The summed E-state index contributed by atoms with van der Waals surface area (Å²) in [5.41, 5.74) is 4.37. The molecular weight excluding hydrogens is 544 g/mol.